The average molecular weight is 420 g/mol. The van der Waals surface area contributed by atoms with Crippen molar-refractivity contribution in [1.82, 2.24) is 5.32 Å². The van der Waals surface area contributed by atoms with Crippen molar-refractivity contribution < 1.29 is 13.9 Å². The van der Waals surface area contributed by atoms with Gasteiger partial charge in [0.15, 0.2) is 0 Å². The van der Waals surface area contributed by atoms with Crippen LogP contribution in [0.5, 0.6) is 5.75 Å². The van der Waals surface area contributed by atoms with Crippen molar-refractivity contribution in [2.24, 2.45) is 5.92 Å². The fourth-order valence-corrected chi connectivity index (χ4v) is 4.09. The molecule has 0 radical (unpaired) electrons. The quantitative estimate of drug-likeness (QED) is 0.418. The molecule has 3 rings (SSSR count). The Bertz CT molecular complexity index is 901. The van der Waals surface area contributed by atoms with Gasteiger partial charge in [-0.2, -0.15) is 0 Å². The van der Waals surface area contributed by atoms with Gasteiger partial charge in [0, 0.05) is 18.9 Å². The van der Waals surface area contributed by atoms with E-state index in [9.17, 15) is 4.79 Å². The third kappa shape index (κ3) is 6.74. The molecule has 31 heavy (non-hydrogen) atoms. The SMILES string of the molecule is COc1ccc(C(CCNC(=O)CC(Cc2ccccc2)c2ccco2)C(C)C)cc1. The summed E-state index contributed by atoms with van der Waals surface area (Å²) in [5, 5.41) is 3.13. The van der Waals surface area contributed by atoms with Gasteiger partial charge in [-0.25, -0.2) is 0 Å². The molecule has 0 fully saturated rings. The number of rotatable bonds is 11. The zero-order valence-electron chi connectivity index (χ0n) is 18.7. The van der Waals surface area contributed by atoms with E-state index < -0.39 is 0 Å². The minimum Gasteiger partial charge on any atom is -0.497 e. The molecule has 0 aliphatic carbocycles. The summed E-state index contributed by atoms with van der Waals surface area (Å²) in [6.45, 7) is 5.11. The van der Waals surface area contributed by atoms with Crippen LogP contribution in [-0.2, 0) is 11.2 Å². The fourth-order valence-electron chi connectivity index (χ4n) is 4.09. The summed E-state index contributed by atoms with van der Waals surface area (Å²) in [7, 11) is 1.68. The molecule has 1 heterocycles. The van der Waals surface area contributed by atoms with Gasteiger partial charge in [-0.15, -0.1) is 0 Å². The lowest BCUT2D eigenvalue weighted by Crippen LogP contribution is -2.28. The number of nitrogens with one attached hydrogen (secondary N) is 1. The van der Waals surface area contributed by atoms with Gasteiger partial charge in [0.05, 0.1) is 13.4 Å². The van der Waals surface area contributed by atoms with Crippen molar-refractivity contribution in [2.75, 3.05) is 13.7 Å². The van der Waals surface area contributed by atoms with Crippen LogP contribution in [0.2, 0.25) is 0 Å². The summed E-state index contributed by atoms with van der Waals surface area (Å²) >= 11 is 0. The molecule has 2 aromatic carbocycles. The fraction of sp³-hybridized carbons (Fsp3) is 0.370. The molecule has 0 saturated heterocycles. The highest BCUT2D eigenvalue weighted by molar-refractivity contribution is 5.76. The summed E-state index contributed by atoms with van der Waals surface area (Å²) in [6.07, 6.45) is 3.77. The van der Waals surface area contributed by atoms with Gasteiger partial charge in [0.25, 0.3) is 0 Å². The first-order chi connectivity index (χ1) is 15.1. The van der Waals surface area contributed by atoms with Crippen LogP contribution in [0.4, 0.5) is 0 Å². The Morgan fingerprint density at radius 3 is 2.35 bits per heavy atom. The number of methoxy groups -OCH3 is 1. The van der Waals surface area contributed by atoms with E-state index in [4.69, 9.17) is 9.15 Å². The van der Waals surface area contributed by atoms with Crippen molar-refractivity contribution >= 4 is 5.91 Å². The van der Waals surface area contributed by atoms with E-state index in [-0.39, 0.29) is 11.8 Å². The molecule has 0 aliphatic rings. The number of furan rings is 1. The van der Waals surface area contributed by atoms with E-state index in [1.54, 1.807) is 13.4 Å². The number of carbonyl (C=O) groups excluding carboxylic acids is 1. The number of hydrogen-bond acceptors (Lipinski definition) is 3. The van der Waals surface area contributed by atoms with Crippen molar-refractivity contribution in [3.05, 3.63) is 89.9 Å². The normalized spacial score (nSPS) is 13.0. The Labute approximate surface area is 185 Å². The van der Waals surface area contributed by atoms with E-state index in [0.29, 0.717) is 24.8 Å². The van der Waals surface area contributed by atoms with Crippen molar-refractivity contribution in [2.45, 2.75) is 44.9 Å². The minimum atomic E-state index is 0.0277. The van der Waals surface area contributed by atoms with Crippen LogP contribution < -0.4 is 10.1 Å². The largest absolute Gasteiger partial charge is 0.497 e. The monoisotopic (exact) mass is 419 g/mol. The average Bonchev–Trinajstić information content (AvgIpc) is 3.32. The molecule has 2 unspecified atom stereocenters. The first-order valence-corrected chi connectivity index (χ1v) is 11.0. The van der Waals surface area contributed by atoms with E-state index in [1.807, 2.05) is 42.5 Å². The van der Waals surface area contributed by atoms with E-state index in [1.165, 1.54) is 11.1 Å². The van der Waals surface area contributed by atoms with E-state index in [0.717, 1.165) is 24.4 Å². The third-order valence-corrected chi connectivity index (χ3v) is 5.83. The van der Waals surface area contributed by atoms with Crippen LogP contribution in [0.25, 0.3) is 0 Å². The Balaban J connectivity index is 1.56. The van der Waals surface area contributed by atoms with Gasteiger partial charge in [0.1, 0.15) is 11.5 Å². The van der Waals surface area contributed by atoms with Crippen LogP contribution in [0.15, 0.2) is 77.4 Å². The Hall–Kier alpha value is -3.01. The highest BCUT2D eigenvalue weighted by Crippen LogP contribution is 2.29. The molecular formula is C27H33NO3. The zero-order chi connectivity index (χ0) is 22.1. The Morgan fingerprint density at radius 2 is 1.74 bits per heavy atom. The summed E-state index contributed by atoms with van der Waals surface area (Å²) in [4.78, 5) is 12.7. The molecule has 1 aromatic heterocycles. The number of ether oxygens (including phenoxy) is 1. The van der Waals surface area contributed by atoms with Crippen LogP contribution in [-0.4, -0.2) is 19.6 Å². The molecule has 3 aromatic rings. The van der Waals surface area contributed by atoms with Gasteiger partial charge in [-0.3, -0.25) is 4.79 Å². The molecule has 1 amide bonds. The van der Waals surface area contributed by atoms with Gasteiger partial charge >= 0.3 is 0 Å². The second-order valence-corrected chi connectivity index (χ2v) is 8.37. The van der Waals surface area contributed by atoms with Crippen LogP contribution in [0.3, 0.4) is 0 Å². The summed E-state index contributed by atoms with van der Waals surface area (Å²) in [5.74, 6) is 2.68. The van der Waals surface area contributed by atoms with Gasteiger partial charge in [-0.05, 0) is 60.1 Å². The highest BCUT2D eigenvalue weighted by Gasteiger charge is 2.20. The van der Waals surface area contributed by atoms with Gasteiger partial charge < -0.3 is 14.5 Å². The molecule has 0 aliphatic heterocycles. The van der Waals surface area contributed by atoms with Crippen molar-refractivity contribution in [1.29, 1.82) is 0 Å². The van der Waals surface area contributed by atoms with Crippen LogP contribution in [0.1, 0.15) is 55.4 Å². The second kappa shape index (κ2) is 11.4. The molecule has 1 N–H and O–H groups in total. The van der Waals surface area contributed by atoms with Crippen molar-refractivity contribution in [3.63, 3.8) is 0 Å². The van der Waals surface area contributed by atoms with Crippen LogP contribution in [0, 0.1) is 5.92 Å². The van der Waals surface area contributed by atoms with E-state index >= 15 is 0 Å². The maximum absolute atomic E-state index is 12.7. The maximum Gasteiger partial charge on any atom is 0.220 e. The zero-order valence-corrected chi connectivity index (χ0v) is 18.7. The first-order valence-electron chi connectivity index (χ1n) is 11.0. The maximum atomic E-state index is 12.7. The summed E-state index contributed by atoms with van der Waals surface area (Å²) in [5.41, 5.74) is 2.48. The minimum absolute atomic E-state index is 0.0277. The lowest BCUT2D eigenvalue weighted by Gasteiger charge is -2.22. The lowest BCUT2D eigenvalue weighted by atomic mass is 9.85. The van der Waals surface area contributed by atoms with Crippen molar-refractivity contribution in [3.8, 4) is 5.75 Å². The molecule has 4 nitrogen and oxygen atoms in total. The topological polar surface area (TPSA) is 51.5 Å². The molecule has 0 spiro atoms. The third-order valence-electron chi connectivity index (χ3n) is 5.83. The summed E-state index contributed by atoms with van der Waals surface area (Å²) < 4.78 is 10.9. The highest BCUT2D eigenvalue weighted by atomic mass is 16.5. The molecule has 2 atom stereocenters. The predicted octanol–water partition coefficient (Wildman–Crippen LogP) is 5.95. The molecule has 0 bridgehead atoms. The molecular weight excluding hydrogens is 386 g/mol. The van der Waals surface area contributed by atoms with Gasteiger partial charge in [0.2, 0.25) is 5.91 Å². The van der Waals surface area contributed by atoms with Crippen LogP contribution >= 0.6 is 0 Å². The molecule has 4 heteroatoms. The number of hydrogen-bond donors (Lipinski definition) is 1. The lowest BCUT2D eigenvalue weighted by molar-refractivity contribution is -0.121. The van der Waals surface area contributed by atoms with E-state index in [2.05, 4.69) is 43.4 Å². The number of carbonyl (C=O) groups is 1. The van der Waals surface area contributed by atoms with Gasteiger partial charge in [-0.1, -0.05) is 56.3 Å². The Kier molecular flexibility index (Phi) is 8.34. The first kappa shape index (κ1) is 22.7. The molecule has 164 valence electrons. The molecule has 0 saturated carbocycles. The smallest absolute Gasteiger partial charge is 0.220 e. The predicted molar refractivity (Wildman–Crippen MR) is 124 cm³/mol. The second-order valence-electron chi connectivity index (χ2n) is 8.37. The Morgan fingerprint density at radius 1 is 1.00 bits per heavy atom. The number of amides is 1. The number of benzene rings is 2. The summed E-state index contributed by atoms with van der Waals surface area (Å²) in [6, 6.07) is 22.3. The standard InChI is InChI=1S/C27H33NO3/c1-20(2)25(22-11-13-24(30-3)14-12-22)15-16-28-27(29)19-23(26-10-7-17-31-26)18-21-8-5-4-6-9-21/h4-14,17,20,23,25H,15-16,18-19H2,1-3H3,(H,28,29).